The molecule has 86 valence electrons. The van der Waals surface area contributed by atoms with Gasteiger partial charge in [-0.25, -0.2) is 0 Å². The molecule has 1 aromatic carbocycles. The smallest absolute Gasteiger partial charge is 0.0839 e. The summed E-state index contributed by atoms with van der Waals surface area (Å²) in [6.07, 6.45) is 5.67. The Balaban J connectivity index is 2.09. The minimum Gasteiger partial charge on any atom is -0.294 e. The molecule has 0 amide bonds. The molecule has 0 aliphatic carbocycles. The van der Waals surface area contributed by atoms with Crippen LogP contribution in [-0.2, 0) is 12.8 Å². The monoisotopic (exact) mass is 224 g/mol. The van der Waals surface area contributed by atoms with Crippen molar-refractivity contribution in [3.05, 3.63) is 65.5 Å². The molecule has 2 heteroatoms. The number of aryl methyl sites for hydroxylation is 2. The van der Waals surface area contributed by atoms with E-state index in [2.05, 4.69) is 40.3 Å². The summed E-state index contributed by atoms with van der Waals surface area (Å²) >= 11 is 0. The molecule has 2 aromatic rings. The molecule has 0 aliphatic rings. The van der Waals surface area contributed by atoms with Crippen molar-refractivity contribution in [2.75, 3.05) is 7.05 Å². The fourth-order valence-corrected chi connectivity index (χ4v) is 1.82. The van der Waals surface area contributed by atoms with Gasteiger partial charge in [-0.3, -0.25) is 9.98 Å². The van der Waals surface area contributed by atoms with Gasteiger partial charge in [-0.05, 0) is 30.0 Å². The van der Waals surface area contributed by atoms with Crippen molar-refractivity contribution < 1.29 is 0 Å². The van der Waals surface area contributed by atoms with Crippen molar-refractivity contribution >= 4 is 6.21 Å². The van der Waals surface area contributed by atoms with Crippen LogP contribution in [0.2, 0.25) is 0 Å². The molecule has 0 radical (unpaired) electrons. The van der Waals surface area contributed by atoms with Crippen LogP contribution in [0.4, 0.5) is 0 Å². The summed E-state index contributed by atoms with van der Waals surface area (Å²) in [6, 6.07) is 14.6. The normalized spacial score (nSPS) is 10.9. The highest BCUT2D eigenvalue weighted by molar-refractivity contribution is 5.78. The first-order valence-corrected chi connectivity index (χ1v) is 5.80. The minimum atomic E-state index is 0.978. The van der Waals surface area contributed by atoms with Gasteiger partial charge in [0, 0.05) is 19.5 Å². The Hall–Kier alpha value is -1.96. The van der Waals surface area contributed by atoms with Gasteiger partial charge >= 0.3 is 0 Å². The molecule has 0 atom stereocenters. The first-order chi connectivity index (χ1) is 8.40. The maximum absolute atomic E-state index is 4.33. The number of aliphatic imine (C=N–C) groups is 1. The molecule has 0 N–H and O–H groups in total. The summed E-state index contributed by atoms with van der Waals surface area (Å²) in [7, 11) is 1.77. The van der Waals surface area contributed by atoms with Crippen LogP contribution in [0.15, 0.2) is 53.7 Å². The highest BCUT2D eigenvalue weighted by Gasteiger charge is 2.01. The van der Waals surface area contributed by atoms with Crippen LogP contribution in [-0.4, -0.2) is 18.2 Å². The second kappa shape index (κ2) is 5.94. The molecule has 0 aliphatic heterocycles. The molecule has 1 heterocycles. The van der Waals surface area contributed by atoms with E-state index in [-0.39, 0.29) is 0 Å². The maximum atomic E-state index is 4.33. The summed E-state index contributed by atoms with van der Waals surface area (Å²) < 4.78 is 0. The quantitative estimate of drug-likeness (QED) is 0.733. The van der Waals surface area contributed by atoms with Crippen molar-refractivity contribution in [3.63, 3.8) is 0 Å². The Morgan fingerprint density at radius 2 is 1.88 bits per heavy atom. The summed E-state index contributed by atoms with van der Waals surface area (Å²) in [5.41, 5.74) is 3.59. The SMILES string of the molecule is C/N=C/c1ncccc1CCc1ccccc1. The van der Waals surface area contributed by atoms with Crippen LogP contribution < -0.4 is 0 Å². The zero-order valence-electron chi connectivity index (χ0n) is 10.0. The second-order valence-corrected chi connectivity index (χ2v) is 3.92. The highest BCUT2D eigenvalue weighted by Crippen LogP contribution is 2.09. The standard InChI is InChI=1S/C15H16N2/c1-16-12-15-14(8-5-11-17-15)10-9-13-6-3-2-4-7-13/h2-8,11-12H,9-10H2,1H3/b16-12+. The number of rotatable bonds is 4. The van der Waals surface area contributed by atoms with Gasteiger partial charge in [0.05, 0.1) is 5.69 Å². The van der Waals surface area contributed by atoms with E-state index < -0.39 is 0 Å². The van der Waals surface area contributed by atoms with Crippen LogP contribution in [0, 0.1) is 0 Å². The predicted octanol–water partition coefficient (Wildman–Crippen LogP) is 2.92. The van der Waals surface area contributed by atoms with E-state index in [1.165, 1.54) is 11.1 Å². The molecule has 0 fully saturated rings. The van der Waals surface area contributed by atoms with E-state index in [1.807, 2.05) is 24.5 Å². The average molecular weight is 224 g/mol. The Bertz CT molecular complexity index is 489. The van der Waals surface area contributed by atoms with Gasteiger partial charge in [-0.2, -0.15) is 0 Å². The topological polar surface area (TPSA) is 25.2 Å². The Morgan fingerprint density at radius 1 is 1.06 bits per heavy atom. The Labute approximate surface area is 102 Å². The van der Waals surface area contributed by atoms with Crippen LogP contribution in [0.3, 0.4) is 0 Å². The second-order valence-electron chi connectivity index (χ2n) is 3.92. The number of benzene rings is 1. The zero-order valence-corrected chi connectivity index (χ0v) is 10.0. The van der Waals surface area contributed by atoms with E-state index in [4.69, 9.17) is 0 Å². The maximum Gasteiger partial charge on any atom is 0.0839 e. The van der Waals surface area contributed by atoms with Crippen molar-refractivity contribution in [1.82, 2.24) is 4.98 Å². The Kier molecular flexibility index (Phi) is 4.03. The van der Waals surface area contributed by atoms with Gasteiger partial charge in [0.1, 0.15) is 0 Å². The zero-order chi connectivity index (χ0) is 11.9. The van der Waals surface area contributed by atoms with E-state index in [1.54, 1.807) is 7.05 Å². The molecule has 0 saturated carbocycles. The number of nitrogens with zero attached hydrogens (tertiary/aromatic N) is 2. The molecule has 0 unspecified atom stereocenters. The van der Waals surface area contributed by atoms with Gasteiger partial charge in [-0.1, -0.05) is 36.4 Å². The summed E-state index contributed by atoms with van der Waals surface area (Å²) in [5, 5.41) is 0. The van der Waals surface area contributed by atoms with Crippen molar-refractivity contribution in [1.29, 1.82) is 0 Å². The summed E-state index contributed by atoms with van der Waals surface area (Å²) in [4.78, 5) is 8.37. The van der Waals surface area contributed by atoms with E-state index in [0.29, 0.717) is 0 Å². The first kappa shape index (κ1) is 11.5. The molecular formula is C15H16N2. The number of hydrogen-bond acceptors (Lipinski definition) is 2. The van der Waals surface area contributed by atoms with Crippen LogP contribution in [0.5, 0.6) is 0 Å². The van der Waals surface area contributed by atoms with E-state index in [9.17, 15) is 0 Å². The molecule has 0 saturated heterocycles. The predicted molar refractivity (Wildman–Crippen MR) is 71.6 cm³/mol. The third kappa shape index (κ3) is 3.25. The molecule has 2 nitrogen and oxygen atoms in total. The third-order valence-electron chi connectivity index (χ3n) is 2.70. The lowest BCUT2D eigenvalue weighted by Gasteiger charge is -2.04. The van der Waals surface area contributed by atoms with Gasteiger partial charge in [0.2, 0.25) is 0 Å². The van der Waals surface area contributed by atoms with Crippen molar-refractivity contribution in [2.24, 2.45) is 4.99 Å². The first-order valence-electron chi connectivity index (χ1n) is 5.80. The molecule has 0 spiro atoms. The molecule has 1 aromatic heterocycles. The number of pyridine rings is 1. The van der Waals surface area contributed by atoms with Gasteiger partial charge in [0.25, 0.3) is 0 Å². The Morgan fingerprint density at radius 3 is 2.65 bits per heavy atom. The molecule has 0 bridgehead atoms. The molecule has 17 heavy (non-hydrogen) atoms. The highest BCUT2D eigenvalue weighted by atomic mass is 14.7. The lowest BCUT2D eigenvalue weighted by molar-refractivity contribution is 0.946. The summed E-state index contributed by atoms with van der Waals surface area (Å²) in [5.74, 6) is 0. The minimum absolute atomic E-state index is 0.978. The fraction of sp³-hybridized carbons (Fsp3) is 0.200. The van der Waals surface area contributed by atoms with Gasteiger partial charge in [0.15, 0.2) is 0 Å². The van der Waals surface area contributed by atoms with Crippen LogP contribution in [0.1, 0.15) is 16.8 Å². The number of hydrogen-bond donors (Lipinski definition) is 0. The molecule has 2 rings (SSSR count). The fourth-order valence-electron chi connectivity index (χ4n) is 1.82. The lowest BCUT2D eigenvalue weighted by Crippen LogP contribution is -1.98. The largest absolute Gasteiger partial charge is 0.294 e. The lowest BCUT2D eigenvalue weighted by atomic mass is 10.0. The third-order valence-corrected chi connectivity index (χ3v) is 2.70. The van der Waals surface area contributed by atoms with Crippen molar-refractivity contribution in [3.8, 4) is 0 Å². The van der Waals surface area contributed by atoms with Gasteiger partial charge < -0.3 is 0 Å². The number of aromatic nitrogens is 1. The molecular weight excluding hydrogens is 208 g/mol. The summed E-state index contributed by atoms with van der Waals surface area (Å²) in [6.45, 7) is 0. The average Bonchev–Trinajstić information content (AvgIpc) is 2.39. The van der Waals surface area contributed by atoms with Gasteiger partial charge in [-0.15, -0.1) is 0 Å². The van der Waals surface area contributed by atoms with E-state index in [0.717, 1.165) is 18.5 Å². The van der Waals surface area contributed by atoms with Crippen LogP contribution in [0.25, 0.3) is 0 Å². The van der Waals surface area contributed by atoms with Crippen molar-refractivity contribution in [2.45, 2.75) is 12.8 Å². The van der Waals surface area contributed by atoms with Crippen LogP contribution >= 0.6 is 0 Å². The van der Waals surface area contributed by atoms with E-state index >= 15 is 0 Å².